The van der Waals surface area contributed by atoms with E-state index >= 15 is 0 Å². The van der Waals surface area contributed by atoms with Gasteiger partial charge < -0.3 is 9.47 Å². The van der Waals surface area contributed by atoms with E-state index in [2.05, 4.69) is 34.6 Å². The van der Waals surface area contributed by atoms with Gasteiger partial charge in [-0.2, -0.15) is 0 Å². The highest BCUT2D eigenvalue weighted by atomic mass is 16.5. The summed E-state index contributed by atoms with van der Waals surface area (Å²) in [7, 11) is 0. The highest BCUT2D eigenvalue weighted by Crippen LogP contribution is 2.76. The Kier molecular flexibility index (Phi) is 6.01. The van der Waals surface area contributed by atoms with Gasteiger partial charge in [0.15, 0.2) is 0 Å². The van der Waals surface area contributed by atoms with Crippen molar-refractivity contribution in [3.05, 3.63) is 0 Å². The lowest BCUT2D eigenvalue weighted by atomic mass is 9.32. The van der Waals surface area contributed by atoms with Crippen molar-refractivity contribution in [1.29, 1.82) is 0 Å². The van der Waals surface area contributed by atoms with E-state index in [1.807, 2.05) is 0 Å². The summed E-state index contributed by atoms with van der Waals surface area (Å²) in [6.07, 6.45) is 13.8. The van der Waals surface area contributed by atoms with Crippen LogP contribution in [-0.4, -0.2) is 24.6 Å². The van der Waals surface area contributed by atoms with Gasteiger partial charge >= 0.3 is 11.9 Å². The molecule has 4 heteroatoms. The van der Waals surface area contributed by atoms with Gasteiger partial charge in [0.2, 0.25) is 0 Å². The van der Waals surface area contributed by atoms with Crippen molar-refractivity contribution in [3.8, 4) is 0 Å². The third-order valence-electron chi connectivity index (χ3n) is 13.4. The second kappa shape index (κ2) is 8.22. The fourth-order valence-electron chi connectivity index (χ4n) is 11.6. The molecule has 0 N–H and O–H groups in total. The fourth-order valence-corrected chi connectivity index (χ4v) is 11.6. The molecular formula is C31H50O4. The largest absolute Gasteiger partial charge is 0.465 e. The first kappa shape index (κ1) is 25.6. The molecule has 0 unspecified atom stereocenters. The predicted octanol–water partition coefficient (Wildman–Crippen LogP) is 7.34. The van der Waals surface area contributed by atoms with Crippen LogP contribution in [0.4, 0.5) is 0 Å². The number of hydrogen-bond donors (Lipinski definition) is 0. The zero-order valence-corrected chi connectivity index (χ0v) is 23.5. The zero-order chi connectivity index (χ0) is 25.4. The second-order valence-electron chi connectivity index (χ2n) is 14.8. The van der Waals surface area contributed by atoms with Crippen LogP contribution >= 0.6 is 0 Å². The number of rotatable bonds is 3. The number of esters is 2. The summed E-state index contributed by atoms with van der Waals surface area (Å²) >= 11 is 0. The molecule has 5 fully saturated rings. The molecule has 0 aromatic carbocycles. The third kappa shape index (κ3) is 3.50. The van der Waals surface area contributed by atoms with Crippen LogP contribution in [0.5, 0.6) is 0 Å². The van der Waals surface area contributed by atoms with Gasteiger partial charge in [0.1, 0.15) is 6.10 Å². The van der Waals surface area contributed by atoms with E-state index in [1.165, 1.54) is 64.2 Å². The molecular weight excluding hydrogens is 436 g/mol. The zero-order valence-electron chi connectivity index (χ0n) is 23.5. The van der Waals surface area contributed by atoms with E-state index in [-0.39, 0.29) is 28.9 Å². The molecule has 0 spiro atoms. The predicted molar refractivity (Wildman–Crippen MR) is 137 cm³/mol. The number of ether oxygens (including phenoxy) is 2. The van der Waals surface area contributed by atoms with E-state index in [4.69, 9.17) is 9.47 Å². The van der Waals surface area contributed by atoms with E-state index < -0.39 is 0 Å². The lowest BCUT2D eigenvalue weighted by Crippen LogP contribution is -2.66. The molecule has 0 bridgehead atoms. The van der Waals surface area contributed by atoms with Crippen molar-refractivity contribution in [3.63, 3.8) is 0 Å². The second-order valence-corrected chi connectivity index (χ2v) is 14.8. The molecule has 0 aromatic heterocycles. The van der Waals surface area contributed by atoms with Crippen molar-refractivity contribution in [1.82, 2.24) is 0 Å². The average Bonchev–Trinajstić information content (AvgIpc) is 3.19. The summed E-state index contributed by atoms with van der Waals surface area (Å²) in [6, 6.07) is 0. The molecule has 35 heavy (non-hydrogen) atoms. The highest BCUT2D eigenvalue weighted by Gasteiger charge is 2.70. The first-order valence-corrected chi connectivity index (χ1v) is 14.6. The summed E-state index contributed by atoms with van der Waals surface area (Å²) in [5.41, 5.74) is 1.26. The van der Waals surface area contributed by atoms with Gasteiger partial charge in [-0.15, -0.1) is 0 Å². The number of fused-ring (bicyclic) bond motifs is 7. The minimum atomic E-state index is -0.128. The van der Waals surface area contributed by atoms with E-state index in [1.54, 1.807) is 13.8 Å². The topological polar surface area (TPSA) is 52.6 Å². The summed E-state index contributed by atoms with van der Waals surface area (Å²) in [4.78, 5) is 23.6. The molecule has 4 nitrogen and oxygen atoms in total. The van der Waals surface area contributed by atoms with E-state index in [0.717, 1.165) is 18.3 Å². The Bertz CT molecular complexity index is 879. The third-order valence-corrected chi connectivity index (χ3v) is 13.4. The molecule has 5 rings (SSSR count). The monoisotopic (exact) mass is 486 g/mol. The van der Waals surface area contributed by atoms with Gasteiger partial charge in [-0.05, 0) is 104 Å². The molecule has 0 heterocycles. The lowest BCUT2D eigenvalue weighted by Gasteiger charge is -2.72. The lowest BCUT2D eigenvalue weighted by molar-refractivity contribution is -0.250. The van der Waals surface area contributed by atoms with Gasteiger partial charge in [-0.3, -0.25) is 9.59 Å². The smallest absolute Gasteiger partial charge is 0.302 e. The Morgan fingerprint density at radius 1 is 0.714 bits per heavy atom. The maximum atomic E-state index is 11.9. The maximum absolute atomic E-state index is 11.9. The Balaban J connectivity index is 1.44. The van der Waals surface area contributed by atoms with Gasteiger partial charge in [-0.25, -0.2) is 0 Å². The van der Waals surface area contributed by atoms with Crippen LogP contribution in [0, 0.1) is 50.7 Å². The SMILES string of the molecule is CC(=O)OC[C@]12CCC[C@@H]1[C@H]1CC[C@@H]3[C@@]4(C)CC[C@H](OC(C)=O)C(C)(C)[C@@H]4CC[C@@]3(C)[C@]1(C)CC2. The van der Waals surface area contributed by atoms with Crippen LogP contribution in [0.1, 0.15) is 119 Å². The first-order chi connectivity index (χ1) is 16.3. The number of hydrogen-bond acceptors (Lipinski definition) is 4. The Labute approximate surface area is 213 Å². The van der Waals surface area contributed by atoms with Gasteiger partial charge in [0, 0.05) is 24.7 Å². The van der Waals surface area contributed by atoms with Crippen molar-refractivity contribution in [2.24, 2.45) is 50.7 Å². The van der Waals surface area contributed by atoms with Gasteiger partial charge in [-0.1, -0.05) is 41.0 Å². The summed E-state index contributed by atoms with van der Waals surface area (Å²) < 4.78 is 11.6. The maximum Gasteiger partial charge on any atom is 0.302 e. The number of carbonyl (C=O) groups excluding carboxylic acids is 2. The minimum Gasteiger partial charge on any atom is -0.465 e. The van der Waals surface area contributed by atoms with E-state index in [9.17, 15) is 9.59 Å². The molecule has 5 aliphatic rings. The normalized spacial score (nSPS) is 50.2. The molecule has 0 aliphatic heterocycles. The van der Waals surface area contributed by atoms with Crippen LogP contribution in [-0.2, 0) is 19.1 Å². The quantitative estimate of drug-likeness (QED) is 0.392. The molecule has 0 amide bonds. The van der Waals surface area contributed by atoms with E-state index in [0.29, 0.717) is 34.7 Å². The summed E-state index contributed by atoms with van der Waals surface area (Å²) in [5.74, 6) is 2.55. The summed E-state index contributed by atoms with van der Waals surface area (Å²) in [6.45, 7) is 16.5. The highest BCUT2D eigenvalue weighted by molar-refractivity contribution is 5.66. The fraction of sp³-hybridized carbons (Fsp3) is 0.935. The van der Waals surface area contributed by atoms with Crippen molar-refractivity contribution >= 4 is 11.9 Å². The van der Waals surface area contributed by atoms with Gasteiger partial charge in [0.25, 0.3) is 0 Å². The Morgan fingerprint density at radius 2 is 1.46 bits per heavy atom. The molecule has 0 aromatic rings. The first-order valence-electron chi connectivity index (χ1n) is 14.6. The summed E-state index contributed by atoms with van der Waals surface area (Å²) in [5, 5.41) is 0. The molecule has 5 saturated carbocycles. The van der Waals surface area contributed by atoms with Crippen molar-refractivity contribution in [2.75, 3.05) is 6.61 Å². The van der Waals surface area contributed by atoms with Crippen molar-refractivity contribution < 1.29 is 19.1 Å². The molecule has 5 aliphatic carbocycles. The van der Waals surface area contributed by atoms with Gasteiger partial charge in [0.05, 0.1) is 6.61 Å². The van der Waals surface area contributed by atoms with Crippen LogP contribution in [0.3, 0.4) is 0 Å². The average molecular weight is 487 g/mol. The number of carbonyl (C=O) groups is 2. The van der Waals surface area contributed by atoms with Crippen LogP contribution in [0.25, 0.3) is 0 Å². The molecule has 9 atom stereocenters. The standard InChI is InChI=1S/C31H50O4/c1-20(32)34-19-31-14-8-9-23(31)22-10-11-25-28(5)15-13-26(35-21(2)33)27(3,4)24(28)12-16-30(25,7)29(22,6)17-18-31/h22-26H,8-19H2,1-7H3/t22-,23-,24+,25-,26+,28+,29-,30-,31-/m1/s1. The Morgan fingerprint density at radius 3 is 2.14 bits per heavy atom. The van der Waals surface area contributed by atoms with Crippen LogP contribution < -0.4 is 0 Å². The molecule has 0 saturated heterocycles. The Hall–Kier alpha value is -1.06. The molecule has 0 radical (unpaired) electrons. The molecule has 198 valence electrons. The van der Waals surface area contributed by atoms with Crippen LogP contribution in [0.2, 0.25) is 0 Å². The van der Waals surface area contributed by atoms with Crippen LogP contribution in [0.15, 0.2) is 0 Å². The van der Waals surface area contributed by atoms with Crippen molar-refractivity contribution in [2.45, 2.75) is 125 Å². The minimum absolute atomic E-state index is 0.0228.